The summed E-state index contributed by atoms with van der Waals surface area (Å²) in [4.78, 5) is 39.3. The van der Waals surface area contributed by atoms with Crippen molar-refractivity contribution in [1.29, 1.82) is 0 Å². The molecule has 0 spiro atoms. The van der Waals surface area contributed by atoms with Crippen LogP contribution in [-0.4, -0.2) is 53.8 Å². The van der Waals surface area contributed by atoms with Crippen LogP contribution < -0.4 is 5.32 Å². The number of hydrogen-bond acceptors (Lipinski definition) is 5. The number of nitrogens with zero attached hydrogens (tertiary/aromatic N) is 1. The fraction of sp³-hybridized carbons (Fsp3) is 0.458. The van der Waals surface area contributed by atoms with Crippen LogP contribution in [0.5, 0.6) is 0 Å². The van der Waals surface area contributed by atoms with Crippen molar-refractivity contribution < 1.29 is 19.5 Å². The van der Waals surface area contributed by atoms with Gasteiger partial charge in [-0.05, 0) is 61.6 Å². The Labute approximate surface area is 197 Å². The first kappa shape index (κ1) is 24.4. The lowest BCUT2D eigenvalue weighted by Crippen LogP contribution is -2.41. The number of Topliss-reactive ketones (excluding diaryl/α,β-unsaturated/α-hetero) is 1. The third-order valence-corrected chi connectivity index (χ3v) is 7.03. The van der Waals surface area contributed by atoms with E-state index in [1.54, 1.807) is 12.1 Å². The van der Waals surface area contributed by atoms with Gasteiger partial charge >= 0.3 is 5.97 Å². The minimum atomic E-state index is -0.860. The molecule has 0 fully saturated rings. The number of aliphatic carboxylic acids is 1. The average molecular weight is 477 g/mol. The van der Waals surface area contributed by atoms with Gasteiger partial charge < -0.3 is 15.3 Å². The van der Waals surface area contributed by atoms with E-state index in [2.05, 4.69) is 29.4 Å². The van der Waals surface area contributed by atoms with Gasteiger partial charge in [0, 0.05) is 25.9 Å². The maximum Gasteiger partial charge on any atom is 0.303 e. The van der Waals surface area contributed by atoms with E-state index in [9.17, 15) is 14.4 Å². The standard InChI is InChI=1S/C24H29ClN2O4S/c1-27-12-10-17-7-6-16(14-18(17)11-13-27)15-20(28)19(4-2-3-5-23(29)30)26-24(31)21-8-9-22(25)32-21/h6-9,14,19H,2-5,10-13,15H2,1H3,(H,26,31)(H,29,30)/t19-/m1/s1. The molecule has 8 heteroatoms. The van der Waals surface area contributed by atoms with Crippen molar-refractivity contribution in [2.45, 2.75) is 51.0 Å². The summed E-state index contributed by atoms with van der Waals surface area (Å²) in [7, 11) is 2.12. The molecule has 6 nitrogen and oxygen atoms in total. The molecule has 32 heavy (non-hydrogen) atoms. The number of carbonyl (C=O) groups excluding carboxylic acids is 2. The van der Waals surface area contributed by atoms with Crippen LogP contribution >= 0.6 is 22.9 Å². The van der Waals surface area contributed by atoms with E-state index >= 15 is 0 Å². The third kappa shape index (κ3) is 7.15. The van der Waals surface area contributed by atoms with Gasteiger partial charge in [0.05, 0.1) is 15.3 Å². The van der Waals surface area contributed by atoms with E-state index < -0.39 is 12.0 Å². The zero-order valence-electron chi connectivity index (χ0n) is 18.2. The number of carboxylic acids is 1. The van der Waals surface area contributed by atoms with Crippen molar-refractivity contribution in [3.8, 4) is 0 Å². The predicted octanol–water partition coefficient (Wildman–Crippen LogP) is 3.99. The third-order valence-electron chi connectivity index (χ3n) is 5.80. The first-order chi connectivity index (χ1) is 15.3. The molecule has 0 radical (unpaired) electrons. The number of carboxylic acid groups (broad SMARTS) is 1. The monoisotopic (exact) mass is 476 g/mol. The number of amides is 1. The number of ketones is 1. The fourth-order valence-electron chi connectivity index (χ4n) is 3.93. The first-order valence-corrected chi connectivity index (χ1v) is 12.1. The molecule has 0 saturated carbocycles. The second kappa shape index (κ2) is 11.6. The second-order valence-electron chi connectivity index (χ2n) is 8.32. The Morgan fingerprint density at radius 3 is 2.56 bits per heavy atom. The quantitative estimate of drug-likeness (QED) is 0.506. The fourth-order valence-corrected chi connectivity index (χ4v) is 4.87. The van der Waals surface area contributed by atoms with Crippen LogP contribution in [0.25, 0.3) is 0 Å². The van der Waals surface area contributed by atoms with Gasteiger partial charge in [-0.3, -0.25) is 14.4 Å². The van der Waals surface area contributed by atoms with Crippen molar-refractivity contribution >= 4 is 40.6 Å². The van der Waals surface area contributed by atoms with Gasteiger partial charge in [-0.2, -0.15) is 0 Å². The molecule has 1 aliphatic rings. The summed E-state index contributed by atoms with van der Waals surface area (Å²) in [6.07, 6.45) is 3.67. The minimum Gasteiger partial charge on any atom is -0.481 e. The Morgan fingerprint density at radius 1 is 1.12 bits per heavy atom. The highest BCUT2D eigenvalue weighted by Crippen LogP contribution is 2.22. The average Bonchev–Trinajstić information content (AvgIpc) is 3.10. The lowest BCUT2D eigenvalue weighted by Gasteiger charge is -2.18. The Bertz CT molecular complexity index is 975. The number of rotatable bonds is 10. The van der Waals surface area contributed by atoms with Gasteiger partial charge in [-0.15, -0.1) is 11.3 Å². The molecule has 1 aromatic carbocycles. The lowest BCUT2D eigenvalue weighted by molar-refractivity contribution is -0.137. The highest BCUT2D eigenvalue weighted by molar-refractivity contribution is 7.18. The minimum absolute atomic E-state index is 0.0503. The van der Waals surface area contributed by atoms with Crippen LogP contribution in [0.15, 0.2) is 30.3 Å². The summed E-state index contributed by atoms with van der Waals surface area (Å²) in [5.74, 6) is -1.26. The molecule has 1 amide bonds. The Morgan fingerprint density at radius 2 is 1.88 bits per heavy atom. The molecule has 1 atom stereocenters. The summed E-state index contributed by atoms with van der Waals surface area (Å²) in [6.45, 7) is 2.03. The second-order valence-corrected chi connectivity index (χ2v) is 10.0. The molecule has 0 bridgehead atoms. The number of thiophene rings is 1. The molecule has 3 rings (SSSR count). The number of halogens is 1. The number of nitrogens with one attached hydrogen (secondary N) is 1. The molecule has 0 unspecified atom stereocenters. The van der Waals surface area contributed by atoms with Crippen LogP contribution in [0.4, 0.5) is 0 Å². The molecule has 0 saturated heterocycles. The summed E-state index contributed by atoms with van der Waals surface area (Å²) >= 11 is 7.10. The predicted molar refractivity (Wildman–Crippen MR) is 127 cm³/mol. The highest BCUT2D eigenvalue weighted by Gasteiger charge is 2.23. The molecule has 172 valence electrons. The molecule has 1 aliphatic heterocycles. The van der Waals surface area contributed by atoms with Gasteiger partial charge in [-0.1, -0.05) is 36.2 Å². The molecule has 0 aliphatic carbocycles. The Kier molecular flexibility index (Phi) is 8.84. The summed E-state index contributed by atoms with van der Waals surface area (Å²) in [5, 5.41) is 11.7. The Balaban J connectivity index is 1.68. The van der Waals surface area contributed by atoms with E-state index in [1.807, 2.05) is 6.07 Å². The Hall–Kier alpha value is -2.22. The summed E-state index contributed by atoms with van der Waals surface area (Å²) in [5.41, 5.74) is 3.57. The molecule has 2 heterocycles. The highest BCUT2D eigenvalue weighted by atomic mass is 35.5. The molecule has 2 N–H and O–H groups in total. The number of benzene rings is 1. The smallest absolute Gasteiger partial charge is 0.303 e. The van der Waals surface area contributed by atoms with Crippen LogP contribution in [0, 0.1) is 0 Å². The zero-order chi connectivity index (χ0) is 23.1. The van der Waals surface area contributed by atoms with Crippen LogP contribution in [0.2, 0.25) is 4.34 Å². The normalized spacial score (nSPS) is 14.9. The zero-order valence-corrected chi connectivity index (χ0v) is 19.8. The van der Waals surface area contributed by atoms with Crippen molar-refractivity contribution in [1.82, 2.24) is 10.2 Å². The summed E-state index contributed by atoms with van der Waals surface area (Å²) < 4.78 is 0.509. The van der Waals surface area contributed by atoms with Gasteiger partial charge in [0.15, 0.2) is 5.78 Å². The number of likely N-dealkylation sites (N-methyl/N-ethyl adjacent to an activating group) is 1. The van der Waals surface area contributed by atoms with E-state index in [-0.39, 0.29) is 24.5 Å². The van der Waals surface area contributed by atoms with Crippen molar-refractivity contribution in [2.75, 3.05) is 20.1 Å². The SMILES string of the molecule is CN1CCc2ccc(CC(=O)[C@@H](CCCCC(=O)O)NC(=O)c3ccc(Cl)s3)cc2CC1. The maximum atomic E-state index is 13.1. The molecule has 2 aromatic rings. The molecule has 1 aromatic heterocycles. The van der Waals surface area contributed by atoms with Crippen molar-refractivity contribution in [3.63, 3.8) is 0 Å². The number of fused-ring (bicyclic) bond motifs is 1. The topological polar surface area (TPSA) is 86.7 Å². The van der Waals surface area contributed by atoms with E-state index in [0.29, 0.717) is 28.5 Å². The van der Waals surface area contributed by atoms with E-state index in [0.717, 1.165) is 42.8 Å². The number of unbranched alkanes of at least 4 members (excludes halogenated alkanes) is 1. The molecular weight excluding hydrogens is 448 g/mol. The lowest BCUT2D eigenvalue weighted by atomic mass is 9.95. The van der Waals surface area contributed by atoms with Crippen LogP contribution in [0.1, 0.15) is 52.0 Å². The van der Waals surface area contributed by atoms with Crippen LogP contribution in [-0.2, 0) is 28.9 Å². The number of hydrogen-bond donors (Lipinski definition) is 2. The number of carbonyl (C=O) groups is 3. The first-order valence-electron chi connectivity index (χ1n) is 10.9. The molecular formula is C24H29ClN2O4S. The van der Waals surface area contributed by atoms with Gasteiger partial charge in [0.2, 0.25) is 0 Å². The van der Waals surface area contributed by atoms with Crippen molar-refractivity contribution in [3.05, 3.63) is 56.2 Å². The van der Waals surface area contributed by atoms with Gasteiger partial charge in [0.1, 0.15) is 0 Å². The van der Waals surface area contributed by atoms with Gasteiger partial charge in [0.25, 0.3) is 5.91 Å². The maximum absolute atomic E-state index is 13.1. The van der Waals surface area contributed by atoms with Gasteiger partial charge in [-0.25, -0.2) is 0 Å². The summed E-state index contributed by atoms with van der Waals surface area (Å²) in [6, 6.07) is 8.86. The van der Waals surface area contributed by atoms with E-state index in [4.69, 9.17) is 16.7 Å². The largest absolute Gasteiger partial charge is 0.481 e. The van der Waals surface area contributed by atoms with Crippen molar-refractivity contribution in [2.24, 2.45) is 0 Å². The van der Waals surface area contributed by atoms with E-state index in [1.165, 1.54) is 11.1 Å². The van der Waals surface area contributed by atoms with Crippen LogP contribution in [0.3, 0.4) is 0 Å².